The summed E-state index contributed by atoms with van der Waals surface area (Å²) in [6.45, 7) is 7.53. The second-order valence-corrected chi connectivity index (χ2v) is 9.03. The Hall–Kier alpha value is -2.42. The van der Waals surface area contributed by atoms with Crippen LogP contribution in [0.1, 0.15) is 32.4 Å². The molecule has 1 amide bonds. The van der Waals surface area contributed by atoms with Crippen molar-refractivity contribution < 1.29 is 17.9 Å². The lowest BCUT2D eigenvalue weighted by Crippen LogP contribution is -2.37. The van der Waals surface area contributed by atoms with E-state index in [1.807, 2.05) is 44.2 Å². The van der Waals surface area contributed by atoms with Crippen LogP contribution in [0.2, 0.25) is 0 Å². The summed E-state index contributed by atoms with van der Waals surface area (Å²) in [4.78, 5) is 15.3. The van der Waals surface area contributed by atoms with Crippen molar-refractivity contribution >= 4 is 21.6 Å². The number of likely N-dealkylation sites (N-methyl/N-ethyl adjacent to an activating group) is 1. The fourth-order valence-electron chi connectivity index (χ4n) is 3.22. The maximum absolute atomic E-state index is 13.2. The van der Waals surface area contributed by atoms with Gasteiger partial charge < -0.3 is 10.1 Å². The number of hydrogen-bond acceptors (Lipinski definition) is 5. The summed E-state index contributed by atoms with van der Waals surface area (Å²) in [5.41, 5.74) is 1.28. The van der Waals surface area contributed by atoms with E-state index in [0.29, 0.717) is 25.4 Å². The van der Waals surface area contributed by atoms with Crippen LogP contribution in [0.25, 0.3) is 0 Å². The average Bonchev–Trinajstić information content (AvgIpc) is 2.73. The molecule has 1 unspecified atom stereocenters. The highest BCUT2D eigenvalue weighted by Crippen LogP contribution is 2.30. The molecule has 0 aliphatic carbocycles. The Morgan fingerprint density at radius 1 is 1.03 bits per heavy atom. The van der Waals surface area contributed by atoms with Gasteiger partial charge in [0.25, 0.3) is 0 Å². The number of amides is 1. The number of sulfonamides is 1. The third kappa shape index (κ3) is 5.38. The van der Waals surface area contributed by atoms with Gasteiger partial charge in [-0.1, -0.05) is 44.2 Å². The molecule has 0 aliphatic heterocycles. The van der Waals surface area contributed by atoms with Crippen LogP contribution < -0.4 is 10.1 Å². The molecule has 1 atom stereocenters. The maximum atomic E-state index is 13.2. The Morgan fingerprint density at radius 2 is 1.67 bits per heavy atom. The molecule has 1 N–H and O–H groups in total. The third-order valence-corrected chi connectivity index (χ3v) is 6.65. The average molecular weight is 434 g/mol. The van der Waals surface area contributed by atoms with E-state index in [1.54, 1.807) is 19.1 Å². The maximum Gasteiger partial charge on any atom is 0.246 e. The molecule has 0 radical (unpaired) electrons. The molecule has 8 heteroatoms. The fraction of sp³-hybridized carbons (Fsp3) is 0.409. The van der Waals surface area contributed by atoms with E-state index < -0.39 is 16.1 Å². The van der Waals surface area contributed by atoms with Crippen LogP contribution in [-0.2, 0) is 14.8 Å². The zero-order chi connectivity index (χ0) is 22.3. The minimum absolute atomic E-state index is 0.0197. The summed E-state index contributed by atoms with van der Waals surface area (Å²) in [5, 5.41) is 2.89. The van der Waals surface area contributed by atoms with Crippen LogP contribution in [-0.4, -0.2) is 57.3 Å². The number of nitrogens with one attached hydrogen (secondary N) is 1. The highest BCUT2D eigenvalue weighted by atomic mass is 32.2. The minimum atomic E-state index is -3.74. The molecule has 0 spiro atoms. The van der Waals surface area contributed by atoms with E-state index in [0.717, 1.165) is 9.87 Å². The van der Waals surface area contributed by atoms with Crippen molar-refractivity contribution in [3.8, 4) is 5.75 Å². The first-order valence-electron chi connectivity index (χ1n) is 10.0. The SMILES string of the molecule is CCOc1ccc(NC(=O)C(c2ccccc2)N(CC)CC)cc1S(=O)(=O)N(C)C. The molecule has 0 fully saturated rings. The van der Waals surface area contributed by atoms with E-state index in [-0.39, 0.29) is 16.6 Å². The third-order valence-electron chi connectivity index (χ3n) is 4.81. The number of ether oxygens (including phenoxy) is 1. The Bertz CT molecular complexity index is 942. The standard InChI is InChI=1S/C22H31N3O4S/c1-6-25(7-2)21(17-12-10-9-11-13-17)22(26)23-18-14-15-19(29-8-3)20(16-18)30(27,28)24(4)5/h9-16,21H,6-8H2,1-5H3,(H,23,26). The predicted molar refractivity (Wildman–Crippen MR) is 119 cm³/mol. The Kier molecular flexibility index (Phi) is 8.40. The molecule has 30 heavy (non-hydrogen) atoms. The van der Waals surface area contributed by atoms with Crippen molar-refractivity contribution in [2.45, 2.75) is 31.7 Å². The van der Waals surface area contributed by atoms with Crippen LogP contribution in [0.3, 0.4) is 0 Å². The lowest BCUT2D eigenvalue weighted by atomic mass is 10.0. The molecule has 2 aromatic rings. The smallest absolute Gasteiger partial charge is 0.246 e. The Labute approximate surface area is 179 Å². The molecular weight excluding hydrogens is 402 g/mol. The number of carbonyl (C=O) groups excluding carboxylic acids is 1. The molecule has 0 saturated heterocycles. The van der Waals surface area contributed by atoms with Crippen molar-refractivity contribution in [2.75, 3.05) is 39.1 Å². The van der Waals surface area contributed by atoms with E-state index in [4.69, 9.17) is 4.74 Å². The highest BCUT2D eigenvalue weighted by Gasteiger charge is 2.27. The fourth-order valence-corrected chi connectivity index (χ4v) is 4.27. The van der Waals surface area contributed by atoms with E-state index in [9.17, 15) is 13.2 Å². The van der Waals surface area contributed by atoms with Gasteiger partial charge in [0, 0.05) is 19.8 Å². The molecule has 0 bridgehead atoms. The number of rotatable bonds is 10. The van der Waals surface area contributed by atoms with Crippen LogP contribution in [0.5, 0.6) is 5.75 Å². The van der Waals surface area contributed by atoms with Crippen molar-refractivity contribution in [1.29, 1.82) is 0 Å². The summed E-state index contributed by atoms with van der Waals surface area (Å²) in [6.07, 6.45) is 0. The Balaban J connectivity index is 2.43. The van der Waals surface area contributed by atoms with Gasteiger partial charge in [-0.3, -0.25) is 9.69 Å². The summed E-state index contributed by atoms with van der Waals surface area (Å²) in [5.74, 6) is 0.0369. The second-order valence-electron chi connectivity index (χ2n) is 6.91. The molecule has 0 saturated carbocycles. The van der Waals surface area contributed by atoms with E-state index in [2.05, 4.69) is 10.2 Å². The van der Waals surface area contributed by atoms with Crippen molar-refractivity contribution in [3.05, 3.63) is 54.1 Å². The van der Waals surface area contributed by atoms with Gasteiger partial charge >= 0.3 is 0 Å². The number of carbonyl (C=O) groups is 1. The summed E-state index contributed by atoms with van der Waals surface area (Å²) < 4.78 is 32.1. The summed E-state index contributed by atoms with van der Waals surface area (Å²) in [6, 6.07) is 13.7. The van der Waals surface area contributed by atoms with Gasteiger partial charge in [-0.2, -0.15) is 0 Å². The molecule has 2 rings (SSSR count). The molecule has 2 aromatic carbocycles. The predicted octanol–water partition coefficient (Wildman–Crippen LogP) is 3.36. The van der Waals surface area contributed by atoms with Crippen molar-refractivity contribution in [2.24, 2.45) is 0 Å². The molecule has 0 heterocycles. The molecular formula is C22H31N3O4S. The lowest BCUT2D eigenvalue weighted by Gasteiger charge is -2.29. The number of hydrogen-bond donors (Lipinski definition) is 1. The van der Waals surface area contributed by atoms with Crippen LogP contribution in [0, 0.1) is 0 Å². The van der Waals surface area contributed by atoms with E-state index >= 15 is 0 Å². The van der Waals surface area contributed by atoms with Crippen LogP contribution >= 0.6 is 0 Å². The van der Waals surface area contributed by atoms with Gasteiger partial charge in [-0.05, 0) is 43.8 Å². The number of nitrogens with zero attached hydrogens (tertiary/aromatic N) is 2. The Morgan fingerprint density at radius 3 is 2.20 bits per heavy atom. The lowest BCUT2D eigenvalue weighted by molar-refractivity contribution is -0.121. The van der Waals surface area contributed by atoms with E-state index in [1.165, 1.54) is 20.2 Å². The largest absolute Gasteiger partial charge is 0.492 e. The first-order valence-corrected chi connectivity index (χ1v) is 11.5. The molecule has 164 valence electrons. The van der Waals surface area contributed by atoms with Crippen LogP contribution in [0.4, 0.5) is 5.69 Å². The zero-order valence-electron chi connectivity index (χ0n) is 18.3. The first-order chi connectivity index (χ1) is 14.3. The first kappa shape index (κ1) is 23.9. The molecule has 0 aliphatic rings. The second kappa shape index (κ2) is 10.6. The van der Waals surface area contributed by atoms with Gasteiger partial charge in [0.05, 0.1) is 6.61 Å². The normalized spacial score (nSPS) is 12.8. The van der Waals surface area contributed by atoms with Crippen LogP contribution in [0.15, 0.2) is 53.4 Å². The van der Waals surface area contributed by atoms with Gasteiger partial charge in [0.15, 0.2) is 0 Å². The van der Waals surface area contributed by atoms with Gasteiger partial charge in [0.2, 0.25) is 15.9 Å². The van der Waals surface area contributed by atoms with Crippen molar-refractivity contribution in [1.82, 2.24) is 9.21 Å². The topological polar surface area (TPSA) is 79.0 Å². The van der Waals surface area contributed by atoms with Gasteiger partial charge in [-0.25, -0.2) is 12.7 Å². The number of anilines is 1. The highest BCUT2D eigenvalue weighted by molar-refractivity contribution is 7.89. The molecule has 7 nitrogen and oxygen atoms in total. The van der Waals surface area contributed by atoms with Gasteiger partial charge in [0.1, 0.15) is 16.7 Å². The zero-order valence-corrected chi connectivity index (χ0v) is 19.1. The quantitative estimate of drug-likeness (QED) is 0.622. The van der Waals surface area contributed by atoms with Crippen molar-refractivity contribution in [3.63, 3.8) is 0 Å². The monoisotopic (exact) mass is 433 g/mol. The minimum Gasteiger partial charge on any atom is -0.492 e. The number of benzene rings is 2. The summed E-state index contributed by atoms with van der Waals surface area (Å²) >= 11 is 0. The molecule has 0 aromatic heterocycles. The van der Waals surface area contributed by atoms with Gasteiger partial charge in [-0.15, -0.1) is 0 Å². The summed E-state index contributed by atoms with van der Waals surface area (Å²) in [7, 11) is -0.819.